The van der Waals surface area contributed by atoms with Crippen molar-refractivity contribution in [3.8, 4) is 5.69 Å². The van der Waals surface area contributed by atoms with Gasteiger partial charge in [0.05, 0.1) is 22.2 Å². The summed E-state index contributed by atoms with van der Waals surface area (Å²) >= 11 is 0. The Labute approximate surface area is 163 Å². The summed E-state index contributed by atoms with van der Waals surface area (Å²) in [5.41, 5.74) is 1.09. The summed E-state index contributed by atoms with van der Waals surface area (Å²) in [5.74, 6) is -0.00400. The Kier molecular flexibility index (Phi) is 5.06. The number of fused-ring (bicyclic) bond motifs is 1. The van der Waals surface area contributed by atoms with E-state index in [1.54, 1.807) is 24.3 Å². The van der Waals surface area contributed by atoms with Crippen LogP contribution in [-0.4, -0.2) is 20.6 Å². The minimum absolute atomic E-state index is 0.139. The van der Waals surface area contributed by atoms with Crippen LogP contribution in [0.2, 0.25) is 0 Å². The van der Waals surface area contributed by atoms with Gasteiger partial charge < -0.3 is 5.11 Å². The van der Waals surface area contributed by atoms with Gasteiger partial charge in [-0.25, -0.2) is 9.78 Å². The molecule has 1 heterocycles. The number of aromatic carboxylic acids is 1. The number of hydrogen-bond acceptors (Lipinski definition) is 3. The Morgan fingerprint density at radius 3 is 2.64 bits per heavy atom. The zero-order chi connectivity index (χ0) is 19.5. The van der Waals surface area contributed by atoms with Crippen molar-refractivity contribution in [2.45, 2.75) is 32.1 Å². The van der Waals surface area contributed by atoms with Gasteiger partial charge in [-0.05, 0) is 55.2 Å². The largest absolute Gasteiger partial charge is 0.478 e. The van der Waals surface area contributed by atoms with Crippen LogP contribution in [0.3, 0.4) is 0 Å². The van der Waals surface area contributed by atoms with Crippen molar-refractivity contribution in [1.29, 1.82) is 0 Å². The van der Waals surface area contributed by atoms with E-state index in [1.165, 1.54) is 36.0 Å². The minimum Gasteiger partial charge on any atom is -0.478 e. The Morgan fingerprint density at radius 1 is 1.07 bits per heavy atom. The zero-order valence-electron chi connectivity index (χ0n) is 15.5. The lowest BCUT2D eigenvalue weighted by molar-refractivity contribution is 0.0697. The van der Waals surface area contributed by atoms with E-state index in [2.05, 4.69) is 6.08 Å². The first-order valence-corrected chi connectivity index (χ1v) is 9.67. The summed E-state index contributed by atoms with van der Waals surface area (Å²) in [6.07, 6.45) is 10.1. The summed E-state index contributed by atoms with van der Waals surface area (Å²) in [7, 11) is 0. The summed E-state index contributed by atoms with van der Waals surface area (Å²) < 4.78 is 1.51. The minimum atomic E-state index is -1.03. The average molecular weight is 374 g/mol. The molecule has 142 valence electrons. The van der Waals surface area contributed by atoms with Crippen LogP contribution in [0.4, 0.5) is 0 Å². The quantitative estimate of drug-likeness (QED) is 0.720. The Morgan fingerprint density at radius 2 is 1.86 bits per heavy atom. The Bertz CT molecular complexity index is 1110. The molecule has 0 spiro atoms. The van der Waals surface area contributed by atoms with E-state index in [-0.39, 0.29) is 11.1 Å². The molecule has 0 saturated heterocycles. The molecule has 1 aromatic heterocycles. The number of carboxylic acid groups (broad SMARTS) is 1. The molecule has 1 saturated carbocycles. The maximum Gasteiger partial charge on any atom is 0.335 e. The van der Waals surface area contributed by atoms with E-state index >= 15 is 0 Å². The lowest BCUT2D eigenvalue weighted by Gasteiger charge is -2.18. The van der Waals surface area contributed by atoms with E-state index in [0.29, 0.717) is 28.3 Å². The van der Waals surface area contributed by atoms with E-state index < -0.39 is 5.97 Å². The molecule has 1 fully saturated rings. The predicted molar refractivity (Wildman–Crippen MR) is 110 cm³/mol. The second kappa shape index (κ2) is 7.80. The molecular formula is C23H22N2O3. The van der Waals surface area contributed by atoms with Gasteiger partial charge in [0.15, 0.2) is 0 Å². The molecule has 5 nitrogen and oxygen atoms in total. The third-order valence-corrected chi connectivity index (χ3v) is 5.32. The van der Waals surface area contributed by atoms with Gasteiger partial charge >= 0.3 is 5.97 Å². The molecule has 1 aliphatic carbocycles. The van der Waals surface area contributed by atoms with Crippen molar-refractivity contribution in [3.63, 3.8) is 0 Å². The van der Waals surface area contributed by atoms with Gasteiger partial charge in [0.25, 0.3) is 5.56 Å². The predicted octanol–water partition coefficient (Wildman–Crippen LogP) is 4.68. The van der Waals surface area contributed by atoms with E-state index in [0.717, 1.165) is 12.8 Å². The van der Waals surface area contributed by atoms with Gasteiger partial charge in [0.1, 0.15) is 5.82 Å². The highest BCUT2D eigenvalue weighted by molar-refractivity contribution is 5.88. The number of para-hydroxylation sites is 1. The number of carboxylic acids is 1. The highest BCUT2D eigenvalue weighted by Crippen LogP contribution is 2.25. The molecule has 0 atom stereocenters. The number of hydrogen-bond donors (Lipinski definition) is 1. The summed E-state index contributed by atoms with van der Waals surface area (Å²) in [6.45, 7) is 0. The summed E-state index contributed by atoms with van der Waals surface area (Å²) in [4.78, 5) is 29.3. The molecule has 5 heteroatoms. The number of carbonyl (C=O) groups is 1. The number of aromatic nitrogens is 2. The van der Waals surface area contributed by atoms with Gasteiger partial charge in [-0.15, -0.1) is 0 Å². The Hall–Kier alpha value is -3.21. The number of benzene rings is 2. The molecule has 3 aromatic rings. The standard InChI is InChI=1S/C23H22N2O3/c26-22-19-11-4-5-12-20(19)24-21(14-13-16-7-2-1-3-8-16)25(22)18-10-6-9-17(15-18)23(27)28/h4-6,9-16H,1-3,7-8H2,(H,27,28)/b14-13+. The van der Waals surface area contributed by atoms with Crippen LogP contribution >= 0.6 is 0 Å². The maximum atomic E-state index is 13.2. The highest BCUT2D eigenvalue weighted by Gasteiger charge is 2.14. The van der Waals surface area contributed by atoms with Crippen molar-refractivity contribution in [2.24, 2.45) is 5.92 Å². The molecule has 1 aliphatic rings. The molecule has 4 rings (SSSR count). The van der Waals surface area contributed by atoms with Gasteiger partial charge in [-0.1, -0.05) is 43.5 Å². The number of nitrogens with zero attached hydrogens (tertiary/aromatic N) is 2. The first-order chi connectivity index (χ1) is 13.6. The van der Waals surface area contributed by atoms with E-state index in [1.807, 2.05) is 18.2 Å². The number of rotatable bonds is 4. The lowest BCUT2D eigenvalue weighted by atomic mass is 9.89. The second-order valence-corrected chi connectivity index (χ2v) is 7.24. The fourth-order valence-corrected chi connectivity index (χ4v) is 3.84. The van der Waals surface area contributed by atoms with Crippen LogP contribution in [0.1, 0.15) is 48.3 Å². The normalized spacial score (nSPS) is 15.3. The van der Waals surface area contributed by atoms with Crippen molar-refractivity contribution in [2.75, 3.05) is 0 Å². The van der Waals surface area contributed by atoms with Gasteiger partial charge in [-0.2, -0.15) is 0 Å². The molecule has 0 radical (unpaired) electrons. The molecule has 0 bridgehead atoms. The van der Waals surface area contributed by atoms with E-state index in [9.17, 15) is 14.7 Å². The van der Waals surface area contributed by atoms with Crippen LogP contribution in [0.15, 0.2) is 59.4 Å². The van der Waals surface area contributed by atoms with Crippen LogP contribution in [0.5, 0.6) is 0 Å². The molecule has 28 heavy (non-hydrogen) atoms. The zero-order valence-corrected chi connectivity index (χ0v) is 15.5. The highest BCUT2D eigenvalue weighted by atomic mass is 16.4. The van der Waals surface area contributed by atoms with Gasteiger partial charge in [0.2, 0.25) is 0 Å². The lowest BCUT2D eigenvalue weighted by Crippen LogP contribution is -2.22. The van der Waals surface area contributed by atoms with E-state index in [4.69, 9.17) is 4.98 Å². The SMILES string of the molecule is O=C(O)c1cccc(-n2c(/C=C/C3CCCCC3)nc3ccccc3c2=O)c1. The molecule has 0 amide bonds. The van der Waals surface area contributed by atoms with Gasteiger partial charge in [-0.3, -0.25) is 9.36 Å². The maximum absolute atomic E-state index is 13.2. The van der Waals surface area contributed by atoms with Crippen molar-refractivity contribution < 1.29 is 9.90 Å². The molecular weight excluding hydrogens is 352 g/mol. The van der Waals surface area contributed by atoms with Crippen molar-refractivity contribution in [1.82, 2.24) is 9.55 Å². The summed E-state index contributed by atoms with van der Waals surface area (Å²) in [6, 6.07) is 13.7. The monoisotopic (exact) mass is 374 g/mol. The third kappa shape index (κ3) is 3.60. The fourth-order valence-electron chi connectivity index (χ4n) is 3.84. The van der Waals surface area contributed by atoms with Crippen LogP contribution in [0.25, 0.3) is 22.7 Å². The second-order valence-electron chi connectivity index (χ2n) is 7.24. The molecule has 1 N–H and O–H groups in total. The topological polar surface area (TPSA) is 72.2 Å². The Balaban J connectivity index is 1.88. The summed E-state index contributed by atoms with van der Waals surface area (Å²) in [5, 5.41) is 9.84. The molecule has 2 aromatic carbocycles. The van der Waals surface area contributed by atoms with Crippen LogP contribution in [0, 0.1) is 5.92 Å². The van der Waals surface area contributed by atoms with Crippen LogP contribution in [-0.2, 0) is 0 Å². The first-order valence-electron chi connectivity index (χ1n) is 9.67. The molecule has 0 unspecified atom stereocenters. The van der Waals surface area contributed by atoms with Crippen molar-refractivity contribution >= 4 is 22.9 Å². The fraction of sp³-hybridized carbons (Fsp3) is 0.261. The van der Waals surface area contributed by atoms with Crippen LogP contribution < -0.4 is 5.56 Å². The number of allylic oxidation sites excluding steroid dienone is 1. The van der Waals surface area contributed by atoms with Gasteiger partial charge in [0, 0.05) is 0 Å². The third-order valence-electron chi connectivity index (χ3n) is 5.32. The smallest absolute Gasteiger partial charge is 0.335 e. The first kappa shape index (κ1) is 18.2. The average Bonchev–Trinajstić information content (AvgIpc) is 2.73. The molecule has 0 aliphatic heterocycles. The van der Waals surface area contributed by atoms with Crippen molar-refractivity contribution in [3.05, 3.63) is 76.3 Å².